The standard InChI is InChI=1S/C36H54N6O6/c1-26(2)20-31(40-36(48)33-17-13-19-42(33)27(3)45)35(47)39-32(34(46)38-29(23-43)24-44)21-30-22-37-25-41(30)18-12-7-5-4-6-9-14-28-15-10-8-11-16-28/h8,10-11,15-16,22-23,25-26,29,31-33,44H,4-7,9,12-14,17-21,24H2,1-3H3,(H,38,46)(H,39,47)(H,40,48). The molecule has 0 spiro atoms. The van der Waals surface area contributed by atoms with Crippen molar-refractivity contribution in [3.8, 4) is 0 Å². The summed E-state index contributed by atoms with van der Waals surface area (Å²) in [5.74, 6) is -1.74. The zero-order chi connectivity index (χ0) is 34.9. The Morgan fingerprint density at radius 1 is 0.958 bits per heavy atom. The number of aliphatic hydroxyl groups excluding tert-OH is 1. The summed E-state index contributed by atoms with van der Waals surface area (Å²) < 4.78 is 1.97. The Labute approximate surface area is 284 Å². The summed E-state index contributed by atoms with van der Waals surface area (Å²) in [6, 6.07) is 6.70. The van der Waals surface area contributed by atoms with E-state index in [-0.39, 0.29) is 18.2 Å². The topological polar surface area (TPSA) is 163 Å². The number of aryl methyl sites for hydroxylation is 2. The minimum absolute atomic E-state index is 0.0416. The van der Waals surface area contributed by atoms with E-state index in [1.807, 2.05) is 24.5 Å². The highest BCUT2D eigenvalue weighted by Gasteiger charge is 2.35. The van der Waals surface area contributed by atoms with Crippen LogP contribution in [0.5, 0.6) is 0 Å². The van der Waals surface area contributed by atoms with Crippen LogP contribution in [0.25, 0.3) is 0 Å². The zero-order valence-corrected chi connectivity index (χ0v) is 28.7. The minimum atomic E-state index is -1.12. The highest BCUT2D eigenvalue weighted by Crippen LogP contribution is 2.18. The van der Waals surface area contributed by atoms with Crippen molar-refractivity contribution in [2.24, 2.45) is 5.92 Å². The third-order valence-corrected chi connectivity index (χ3v) is 8.79. The molecule has 12 nitrogen and oxygen atoms in total. The molecule has 0 bridgehead atoms. The van der Waals surface area contributed by atoms with E-state index >= 15 is 0 Å². The number of carbonyl (C=O) groups is 5. The maximum absolute atomic E-state index is 13.7. The van der Waals surface area contributed by atoms with Gasteiger partial charge in [-0.3, -0.25) is 19.2 Å². The number of imidazole rings is 1. The third-order valence-electron chi connectivity index (χ3n) is 8.79. The first-order valence-corrected chi connectivity index (χ1v) is 17.4. The molecule has 1 saturated heterocycles. The maximum atomic E-state index is 13.7. The fraction of sp³-hybridized carbons (Fsp3) is 0.611. The van der Waals surface area contributed by atoms with Gasteiger partial charge < -0.3 is 35.3 Å². The minimum Gasteiger partial charge on any atom is -0.394 e. The number of unbranched alkanes of at least 4 members (excludes halogenated alkanes) is 5. The highest BCUT2D eigenvalue weighted by molar-refractivity contribution is 5.94. The Morgan fingerprint density at radius 3 is 2.31 bits per heavy atom. The quantitative estimate of drug-likeness (QED) is 0.118. The summed E-state index contributed by atoms with van der Waals surface area (Å²) in [7, 11) is 0. The number of benzene rings is 1. The van der Waals surface area contributed by atoms with Crippen molar-refractivity contribution >= 4 is 29.9 Å². The number of aliphatic hydroxyl groups is 1. The van der Waals surface area contributed by atoms with Crippen molar-refractivity contribution in [2.75, 3.05) is 13.2 Å². The molecule has 12 heteroatoms. The lowest BCUT2D eigenvalue weighted by atomic mass is 10.0. The average molecular weight is 667 g/mol. The lowest BCUT2D eigenvalue weighted by Crippen LogP contribution is -2.58. The summed E-state index contributed by atoms with van der Waals surface area (Å²) in [5.41, 5.74) is 2.11. The molecule has 1 aromatic carbocycles. The van der Waals surface area contributed by atoms with Crippen LogP contribution in [-0.2, 0) is 43.4 Å². The van der Waals surface area contributed by atoms with Gasteiger partial charge in [0.25, 0.3) is 0 Å². The SMILES string of the molecule is CC(=O)N1CCCC1C(=O)NC(CC(C)C)C(=O)NC(Cc1cncn1CCCCCCCCc1ccccc1)C(=O)NC(C=O)CO. The van der Waals surface area contributed by atoms with Crippen LogP contribution in [0.3, 0.4) is 0 Å². The maximum Gasteiger partial charge on any atom is 0.243 e. The lowest BCUT2D eigenvalue weighted by molar-refractivity contribution is -0.138. The predicted molar refractivity (Wildman–Crippen MR) is 183 cm³/mol. The summed E-state index contributed by atoms with van der Waals surface area (Å²) in [6.07, 6.45) is 13.2. The second-order valence-electron chi connectivity index (χ2n) is 13.2. The predicted octanol–water partition coefficient (Wildman–Crippen LogP) is 2.71. The second kappa shape index (κ2) is 20.3. The van der Waals surface area contributed by atoms with Crippen molar-refractivity contribution in [2.45, 2.75) is 122 Å². The van der Waals surface area contributed by atoms with Gasteiger partial charge in [0.15, 0.2) is 0 Å². The van der Waals surface area contributed by atoms with Gasteiger partial charge in [-0.1, -0.05) is 69.9 Å². The molecule has 1 aromatic heterocycles. The molecule has 0 radical (unpaired) electrons. The first kappa shape index (κ1) is 38.4. The monoisotopic (exact) mass is 666 g/mol. The van der Waals surface area contributed by atoms with E-state index in [0.29, 0.717) is 38.6 Å². The van der Waals surface area contributed by atoms with Crippen LogP contribution in [0.15, 0.2) is 42.9 Å². The number of nitrogens with one attached hydrogen (secondary N) is 3. The molecule has 264 valence electrons. The molecule has 4 amide bonds. The second-order valence-corrected chi connectivity index (χ2v) is 13.2. The summed E-state index contributed by atoms with van der Waals surface area (Å²) >= 11 is 0. The first-order valence-electron chi connectivity index (χ1n) is 17.4. The van der Waals surface area contributed by atoms with Gasteiger partial charge in [0.05, 0.1) is 12.9 Å². The molecule has 2 heterocycles. The molecule has 4 unspecified atom stereocenters. The van der Waals surface area contributed by atoms with Gasteiger partial charge in [-0.2, -0.15) is 0 Å². The molecule has 4 N–H and O–H groups in total. The van der Waals surface area contributed by atoms with Crippen LogP contribution < -0.4 is 16.0 Å². The molecule has 0 aliphatic carbocycles. The molecule has 0 saturated carbocycles. The van der Waals surface area contributed by atoms with E-state index < -0.39 is 48.5 Å². The zero-order valence-electron chi connectivity index (χ0n) is 28.7. The van der Waals surface area contributed by atoms with Crippen LogP contribution in [0.1, 0.15) is 89.8 Å². The Balaban J connectivity index is 1.61. The summed E-state index contributed by atoms with van der Waals surface area (Å²) in [6.45, 7) is 5.88. The van der Waals surface area contributed by atoms with Crippen LogP contribution >= 0.6 is 0 Å². The molecule has 1 fully saturated rings. The molecule has 2 aromatic rings. The van der Waals surface area contributed by atoms with Crippen molar-refractivity contribution in [3.05, 3.63) is 54.1 Å². The van der Waals surface area contributed by atoms with Crippen LogP contribution in [0.4, 0.5) is 0 Å². The molecular formula is C36H54N6O6. The van der Waals surface area contributed by atoms with Crippen molar-refractivity contribution in [1.82, 2.24) is 30.4 Å². The largest absolute Gasteiger partial charge is 0.394 e. The molecule has 3 rings (SSSR count). The number of nitrogens with zero attached hydrogens (tertiary/aromatic N) is 3. The van der Waals surface area contributed by atoms with Crippen LogP contribution in [-0.4, -0.2) is 86.8 Å². The number of hydrogen-bond donors (Lipinski definition) is 4. The number of aromatic nitrogens is 2. The van der Waals surface area contributed by atoms with Crippen molar-refractivity contribution in [1.29, 1.82) is 0 Å². The lowest BCUT2D eigenvalue weighted by Gasteiger charge is -2.28. The van der Waals surface area contributed by atoms with Crippen LogP contribution in [0, 0.1) is 5.92 Å². The van der Waals surface area contributed by atoms with Gasteiger partial charge in [-0.05, 0) is 50.0 Å². The van der Waals surface area contributed by atoms with E-state index in [2.05, 4.69) is 45.2 Å². The van der Waals surface area contributed by atoms with Gasteiger partial charge in [0, 0.05) is 38.3 Å². The number of hydrogen-bond acceptors (Lipinski definition) is 7. The van der Waals surface area contributed by atoms with Crippen molar-refractivity contribution < 1.29 is 29.1 Å². The van der Waals surface area contributed by atoms with Gasteiger partial charge in [-0.15, -0.1) is 0 Å². The molecular weight excluding hydrogens is 612 g/mol. The number of likely N-dealkylation sites (tertiary alicyclic amines) is 1. The summed E-state index contributed by atoms with van der Waals surface area (Å²) in [4.78, 5) is 69.5. The molecule has 4 atom stereocenters. The fourth-order valence-electron chi connectivity index (χ4n) is 6.17. The van der Waals surface area contributed by atoms with E-state index in [9.17, 15) is 29.1 Å². The summed E-state index contributed by atoms with van der Waals surface area (Å²) in [5, 5.41) is 17.6. The molecule has 1 aliphatic heterocycles. The Hall–Kier alpha value is -4.06. The third kappa shape index (κ3) is 12.5. The molecule has 1 aliphatic rings. The van der Waals surface area contributed by atoms with E-state index in [1.54, 1.807) is 12.5 Å². The van der Waals surface area contributed by atoms with E-state index in [1.165, 1.54) is 36.6 Å². The van der Waals surface area contributed by atoms with Gasteiger partial charge in [0.1, 0.15) is 30.5 Å². The van der Waals surface area contributed by atoms with Gasteiger partial charge >= 0.3 is 0 Å². The Kier molecular flexibility index (Phi) is 16.3. The van der Waals surface area contributed by atoms with Gasteiger partial charge in [-0.25, -0.2) is 4.98 Å². The number of carbonyl (C=O) groups excluding carboxylic acids is 5. The first-order chi connectivity index (χ1) is 23.1. The fourth-order valence-corrected chi connectivity index (χ4v) is 6.17. The smallest absolute Gasteiger partial charge is 0.243 e. The Morgan fingerprint density at radius 2 is 1.65 bits per heavy atom. The normalized spacial score (nSPS) is 16.3. The average Bonchev–Trinajstić information content (AvgIpc) is 3.74. The highest BCUT2D eigenvalue weighted by atomic mass is 16.3. The number of amides is 4. The van der Waals surface area contributed by atoms with E-state index in [0.717, 1.165) is 31.4 Å². The van der Waals surface area contributed by atoms with E-state index in [4.69, 9.17) is 0 Å². The molecule has 48 heavy (non-hydrogen) atoms. The Bertz CT molecular complexity index is 1320. The van der Waals surface area contributed by atoms with Gasteiger partial charge in [0.2, 0.25) is 23.6 Å². The van der Waals surface area contributed by atoms with Crippen LogP contribution in [0.2, 0.25) is 0 Å². The van der Waals surface area contributed by atoms with Crippen molar-refractivity contribution in [3.63, 3.8) is 0 Å². The number of aldehydes is 1. The number of rotatable bonds is 21.